The fraction of sp³-hybridized carbons (Fsp3) is 0.111. The molecule has 0 aliphatic carbocycles. The molecule has 0 fully saturated rings. The van der Waals surface area contributed by atoms with Crippen molar-refractivity contribution in [3.63, 3.8) is 0 Å². The van der Waals surface area contributed by atoms with Crippen LogP contribution in [0.1, 0.15) is 5.56 Å². The molecule has 1 heterocycles. The van der Waals surface area contributed by atoms with Gasteiger partial charge in [-0.25, -0.2) is 0 Å². The Morgan fingerprint density at radius 1 is 1.21 bits per heavy atom. The highest BCUT2D eigenvalue weighted by Crippen LogP contribution is 2.23. The maximum Gasteiger partial charge on any atom is 0.340 e. The monoisotopic (exact) mass is 225 g/mol. The first kappa shape index (κ1) is 9.36. The molecule has 0 atom stereocenters. The summed E-state index contributed by atoms with van der Waals surface area (Å²) >= 11 is 0. The van der Waals surface area contributed by atoms with Gasteiger partial charge in [0.1, 0.15) is 5.75 Å². The van der Waals surface area contributed by atoms with Crippen LogP contribution in [0.25, 0.3) is 0 Å². The van der Waals surface area contributed by atoms with Crippen molar-refractivity contribution < 1.29 is 4.74 Å². The van der Waals surface area contributed by atoms with Crippen molar-refractivity contribution >= 4 is 20.7 Å². The second-order valence-corrected chi connectivity index (χ2v) is 4.76. The van der Waals surface area contributed by atoms with E-state index in [4.69, 9.17) is 4.74 Å². The van der Waals surface area contributed by atoms with Crippen LogP contribution in [0.4, 0.5) is 0 Å². The van der Waals surface area contributed by atoms with Crippen molar-refractivity contribution in [3.8, 4) is 10.9 Å². The van der Waals surface area contributed by atoms with Gasteiger partial charge in [0.25, 0.3) is 5.19 Å². The van der Waals surface area contributed by atoms with Crippen molar-refractivity contribution in [2.45, 2.75) is 6.92 Å². The van der Waals surface area contributed by atoms with Gasteiger partial charge in [-0.1, -0.05) is 17.7 Å². The van der Waals surface area contributed by atoms with E-state index in [9.17, 15) is 4.79 Å². The number of benzene rings is 1. The summed E-state index contributed by atoms with van der Waals surface area (Å²) in [5.41, 5.74) is 1.17. The van der Waals surface area contributed by atoms with Crippen LogP contribution >= 0.6 is 20.7 Å². The van der Waals surface area contributed by atoms with Gasteiger partial charge in [-0.2, -0.15) is 4.98 Å². The predicted octanol–water partition coefficient (Wildman–Crippen LogP) is 2.67. The Balaban J connectivity index is 2.19. The molecule has 2 aromatic rings. The first-order chi connectivity index (χ1) is 6.74. The van der Waals surface area contributed by atoms with Crippen LogP contribution in [-0.2, 0) is 0 Å². The van der Waals surface area contributed by atoms with Gasteiger partial charge in [0.2, 0.25) is 0 Å². The van der Waals surface area contributed by atoms with E-state index in [1.165, 1.54) is 15.9 Å². The lowest BCUT2D eigenvalue weighted by Crippen LogP contribution is -1.93. The molecule has 5 heteroatoms. The van der Waals surface area contributed by atoms with Crippen LogP contribution in [-0.4, -0.2) is 4.98 Å². The molecule has 0 saturated heterocycles. The molecular weight excluding hydrogens is 218 g/mol. The summed E-state index contributed by atoms with van der Waals surface area (Å²) in [6.45, 7) is 2.00. The molecule has 0 bridgehead atoms. The average molecular weight is 225 g/mol. The van der Waals surface area contributed by atoms with Gasteiger partial charge >= 0.3 is 4.87 Å². The molecule has 72 valence electrons. The van der Waals surface area contributed by atoms with E-state index in [2.05, 4.69) is 4.98 Å². The zero-order valence-corrected chi connectivity index (χ0v) is 9.02. The lowest BCUT2D eigenvalue weighted by Gasteiger charge is -2.00. The quantitative estimate of drug-likeness (QED) is 0.738. The van der Waals surface area contributed by atoms with Crippen molar-refractivity contribution in [1.82, 2.24) is 4.98 Å². The highest BCUT2D eigenvalue weighted by atomic mass is 32.9. The maximum atomic E-state index is 10.8. The van der Waals surface area contributed by atoms with Crippen molar-refractivity contribution in [3.05, 3.63) is 39.5 Å². The fourth-order valence-electron chi connectivity index (χ4n) is 0.930. The van der Waals surface area contributed by atoms with Crippen LogP contribution in [0, 0.1) is 6.92 Å². The van der Waals surface area contributed by atoms with Crippen LogP contribution < -0.4 is 9.61 Å². The number of hydrogen-bond acceptors (Lipinski definition) is 5. The third-order valence-electron chi connectivity index (χ3n) is 1.59. The van der Waals surface area contributed by atoms with E-state index in [-0.39, 0.29) is 4.87 Å². The molecule has 0 amide bonds. The summed E-state index contributed by atoms with van der Waals surface area (Å²) in [5, 5.41) is 0.406. The molecule has 0 aliphatic rings. The van der Waals surface area contributed by atoms with Crippen LogP contribution in [0.15, 0.2) is 29.1 Å². The molecule has 0 radical (unpaired) electrons. The minimum Gasteiger partial charge on any atom is -0.430 e. The van der Waals surface area contributed by atoms with E-state index in [0.717, 1.165) is 10.3 Å². The van der Waals surface area contributed by atoms with E-state index in [1.807, 2.05) is 31.2 Å². The Kier molecular flexibility index (Phi) is 2.60. The molecule has 0 saturated carbocycles. The molecule has 0 N–H and O–H groups in total. The van der Waals surface area contributed by atoms with Gasteiger partial charge in [0.05, 0.1) is 0 Å². The summed E-state index contributed by atoms with van der Waals surface area (Å²) in [4.78, 5) is 14.2. The Bertz CT molecular complexity index is 472. The zero-order valence-electron chi connectivity index (χ0n) is 7.39. The second-order valence-electron chi connectivity index (χ2n) is 2.73. The molecule has 0 unspecified atom stereocenters. The molecule has 2 rings (SSSR count). The van der Waals surface area contributed by atoms with Crippen molar-refractivity contribution in [1.29, 1.82) is 0 Å². The molecular formula is C9H7NO2S2. The van der Waals surface area contributed by atoms with E-state index >= 15 is 0 Å². The van der Waals surface area contributed by atoms with Gasteiger partial charge in [0.15, 0.2) is 0 Å². The number of hydrogen-bond donors (Lipinski definition) is 0. The lowest BCUT2D eigenvalue weighted by atomic mass is 10.2. The third kappa shape index (κ3) is 2.18. The van der Waals surface area contributed by atoms with Crippen molar-refractivity contribution in [2.75, 3.05) is 0 Å². The van der Waals surface area contributed by atoms with E-state index < -0.39 is 0 Å². The Morgan fingerprint density at radius 3 is 2.50 bits per heavy atom. The second kappa shape index (κ2) is 3.89. The number of ether oxygens (including phenoxy) is 1. The predicted molar refractivity (Wildman–Crippen MR) is 57.5 cm³/mol. The Morgan fingerprint density at radius 2 is 1.93 bits per heavy atom. The van der Waals surface area contributed by atoms with Crippen LogP contribution in [0.3, 0.4) is 0 Å². The molecule has 0 aliphatic heterocycles. The van der Waals surface area contributed by atoms with Crippen LogP contribution in [0.2, 0.25) is 0 Å². The third-order valence-corrected chi connectivity index (χ3v) is 3.33. The molecule has 3 nitrogen and oxygen atoms in total. The minimum atomic E-state index is -0.211. The summed E-state index contributed by atoms with van der Waals surface area (Å²) in [6, 6.07) is 7.60. The standard InChI is InChI=1S/C9H7NO2S2/c1-6-2-4-7(5-3-6)12-9-10-8(11)13-14-9/h2-5H,1H3. The summed E-state index contributed by atoms with van der Waals surface area (Å²) < 4.78 is 5.37. The molecule has 14 heavy (non-hydrogen) atoms. The van der Waals surface area contributed by atoms with Gasteiger partial charge in [-0.05, 0) is 39.7 Å². The number of aryl methyl sites for hydroxylation is 1. The minimum absolute atomic E-state index is 0.211. The summed E-state index contributed by atoms with van der Waals surface area (Å²) in [5.74, 6) is 0.706. The van der Waals surface area contributed by atoms with Gasteiger partial charge < -0.3 is 4.74 Å². The Hall–Kier alpha value is -1.20. The summed E-state index contributed by atoms with van der Waals surface area (Å²) in [7, 11) is 2.32. The number of aromatic nitrogens is 1. The smallest absolute Gasteiger partial charge is 0.340 e. The van der Waals surface area contributed by atoms with Crippen molar-refractivity contribution in [2.24, 2.45) is 0 Å². The van der Waals surface area contributed by atoms with E-state index in [1.54, 1.807) is 0 Å². The summed E-state index contributed by atoms with van der Waals surface area (Å²) in [6.07, 6.45) is 0. The fourth-order valence-corrected chi connectivity index (χ4v) is 2.25. The molecule has 1 aromatic heterocycles. The van der Waals surface area contributed by atoms with E-state index in [0.29, 0.717) is 10.9 Å². The SMILES string of the molecule is Cc1ccc(Oc2nc(=O)ss2)cc1. The Labute approximate surface area is 88.0 Å². The lowest BCUT2D eigenvalue weighted by molar-refractivity contribution is 0.477. The molecule has 0 spiro atoms. The zero-order chi connectivity index (χ0) is 9.97. The topological polar surface area (TPSA) is 39.2 Å². The molecule has 1 aromatic carbocycles. The number of rotatable bonds is 2. The maximum absolute atomic E-state index is 10.8. The van der Waals surface area contributed by atoms with Gasteiger partial charge in [-0.15, -0.1) is 0 Å². The van der Waals surface area contributed by atoms with Gasteiger partial charge in [-0.3, -0.25) is 4.79 Å². The number of nitrogens with zero attached hydrogens (tertiary/aromatic N) is 1. The largest absolute Gasteiger partial charge is 0.430 e. The average Bonchev–Trinajstić information content (AvgIpc) is 2.56. The normalized spacial score (nSPS) is 10.1. The highest BCUT2D eigenvalue weighted by molar-refractivity contribution is 7.69. The van der Waals surface area contributed by atoms with Crippen LogP contribution in [0.5, 0.6) is 10.9 Å². The van der Waals surface area contributed by atoms with Gasteiger partial charge in [0, 0.05) is 0 Å². The first-order valence-corrected chi connectivity index (χ1v) is 6.11. The highest BCUT2D eigenvalue weighted by Gasteiger charge is 2.01. The first-order valence-electron chi connectivity index (χ1n) is 3.96.